The fourth-order valence-electron chi connectivity index (χ4n) is 2.69. The third-order valence-corrected chi connectivity index (χ3v) is 3.92. The molecule has 0 saturated carbocycles. The Labute approximate surface area is 146 Å². The second kappa shape index (κ2) is 7.08. The average Bonchev–Trinajstić information content (AvgIpc) is 3.26. The Morgan fingerprint density at radius 3 is 2.88 bits per heavy atom. The van der Waals surface area contributed by atoms with E-state index in [-0.39, 0.29) is 17.6 Å². The molecule has 8 nitrogen and oxygen atoms in total. The summed E-state index contributed by atoms with van der Waals surface area (Å²) >= 11 is 0. The second-order valence-electron chi connectivity index (χ2n) is 5.74. The van der Waals surface area contributed by atoms with Crippen LogP contribution in [0.25, 0.3) is 0 Å². The highest BCUT2D eigenvalue weighted by molar-refractivity contribution is 6.02. The third-order valence-electron chi connectivity index (χ3n) is 3.92. The van der Waals surface area contributed by atoms with Crippen LogP contribution in [-0.2, 0) is 16.5 Å². The molecular weight excluding hydrogens is 355 g/mol. The molecule has 1 saturated heterocycles. The van der Waals surface area contributed by atoms with E-state index in [1.54, 1.807) is 6.07 Å². The minimum atomic E-state index is -4.63. The number of aryl methyl sites for hydroxylation is 1. The summed E-state index contributed by atoms with van der Waals surface area (Å²) in [6, 6.07) is 2.66. The lowest BCUT2D eigenvalue weighted by Crippen LogP contribution is -2.23. The Balaban J connectivity index is 1.74. The standard InChI is InChI=1S/C15H17F3N5O3/c1-23-10(6-9(22-23)13(25-2)15(16,17)18)14(24)19-12-7-8(20-21-12)11-4-3-5-26-11/h3,6-7,11,13H,4-5H2,1-2H3,(H2,19,20,21,24)/t11-,13?/m1/s1. The Morgan fingerprint density at radius 1 is 1.50 bits per heavy atom. The zero-order valence-corrected chi connectivity index (χ0v) is 14.0. The molecule has 2 atom stereocenters. The molecule has 1 radical (unpaired) electrons. The largest absolute Gasteiger partial charge is 0.420 e. The molecule has 1 aliphatic rings. The number of ether oxygens (including phenoxy) is 2. The number of nitrogens with one attached hydrogen (secondary N) is 2. The average molecular weight is 372 g/mol. The number of halogens is 3. The maximum absolute atomic E-state index is 12.9. The molecule has 0 aromatic carbocycles. The van der Waals surface area contributed by atoms with E-state index < -0.39 is 23.9 Å². The Kier molecular flexibility index (Phi) is 5.01. The molecule has 0 aliphatic carbocycles. The SMILES string of the molecule is COC(c1cc(C(=O)Nc2cc([C@H]3C[CH]CO3)[nH]n2)n(C)n1)C(F)(F)F. The van der Waals surface area contributed by atoms with Gasteiger partial charge >= 0.3 is 6.18 Å². The van der Waals surface area contributed by atoms with Gasteiger partial charge in [0.05, 0.1) is 18.4 Å². The van der Waals surface area contributed by atoms with Crippen LogP contribution >= 0.6 is 0 Å². The van der Waals surface area contributed by atoms with Crippen molar-refractivity contribution in [2.75, 3.05) is 19.0 Å². The number of hydrogen-bond donors (Lipinski definition) is 2. The van der Waals surface area contributed by atoms with Gasteiger partial charge in [-0.15, -0.1) is 0 Å². The first-order valence-electron chi connectivity index (χ1n) is 7.73. The lowest BCUT2D eigenvalue weighted by molar-refractivity contribution is -0.217. The molecular formula is C15H17F3N5O3. The number of anilines is 1. The summed E-state index contributed by atoms with van der Waals surface area (Å²) in [5, 5.41) is 13.0. The summed E-state index contributed by atoms with van der Waals surface area (Å²) in [6.07, 6.45) is -4.27. The number of amides is 1. The number of alkyl halides is 3. The van der Waals surface area contributed by atoms with E-state index in [1.165, 1.54) is 7.05 Å². The number of aromatic amines is 1. The number of carbonyl (C=O) groups is 1. The summed E-state index contributed by atoms with van der Waals surface area (Å²) < 4.78 is 49.8. The number of nitrogens with zero attached hydrogens (tertiary/aromatic N) is 3. The highest BCUT2D eigenvalue weighted by Crippen LogP contribution is 2.34. The summed E-state index contributed by atoms with van der Waals surface area (Å²) in [7, 11) is 2.31. The fraction of sp³-hybridized carbons (Fsp3) is 0.467. The number of rotatable bonds is 5. The van der Waals surface area contributed by atoms with Gasteiger partial charge in [0.1, 0.15) is 11.4 Å². The number of methoxy groups -OCH3 is 1. The topological polar surface area (TPSA) is 94.1 Å². The van der Waals surface area contributed by atoms with Crippen molar-refractivity contribution < 1.29 is 27.4 Å². The first-order chi connectivity index (χ1) is 12.3. The molecule has 2 aromatic heterocycles. The molecule has 1 aliphatic heterocycles. The van der Waals surface area contributed by atoms with Crippen LogP contribution in [0.4, 0.5) is 19.0 Å². The van der Waals surface area contributed by atoms with Gasteiger partial charge in [-0.3, -0.25) is 14.6 Å². The van der Waals surface area contributed by atoms with Gasteiger partial charge in [0.25, 0.3) is 5.91 Å². The van der Waals surface area contributed by atoms with E-state index in [1.807, 2.05) is 6.42 Å². The van der Waals surface area contributed by atoms with Gasteiger partial charge in [0.2, 0.25) is 0 Å². The van der Waals surface area contributed by atoms with Crippen molar-refractivity contribution in [3.05, 3.63) is 35.6 Å². The van der Waals surface area contributed by atoms with Crippen LogP contribution in [0, 0.1) is 6.42 Å². The molecule has 1 amide bonds. The van der Waals surface area contributed by atoms with Crippen LogP contribution in [0.15, 0.2) is 12.1 Å². The predicted octanol–water partition coefficient (Wildman–Crippen LogP) is 2.31. The van der Waals surface area contributed by atoms with Crippen LogP contribution < -0.4 is 5.32 Å². The van der Waals surface area contributed by atoms with Gasteiger partial charge in [0, 0.05) is 20.2 Å². The van der Waals surface area contributed by atoms with Crippen molar-refractivity contribution in [1.29, 1.82) is 0 Å². The van der Waals surface area contributed by atoms with E-state index in [2.05, 4.69) is 25.3 Å². The second-order valence-corrected chi connectivity index (χ2v) is 5.74. The Hall–Kier alpha value is -2.40. The minimum absolute atomic E-state index is 0.0544. The maximum Gasteiger partial charge on any atom is 0.420 e. The fourth-order valence-corrected chi connectivity index (χ4v) is 2.69. The zero-order valence-electron chi connectivity index (χ0n) is 14.0. The van der Waals surface area contributed by atoms with E-state index in [0.717, 1.165) is 24.3 Å². The highest BCUT2D eigenvalue weighted by Gasteiger charge is 2.43. The van der Waals surface area contributed by atoms with E-state index in [4.69, 9.17) is 4.74 Å². The monoisotopic (exact) mass is 372 g/mol. The van der Waals surface area contributed by atoms with Gasteiger partial charge < -0.3 is 14.8 Å². The number of aromatic nitrogens is 4. The van der Waals surface area contributed by atoms with Gasteiger partial charge in [-0.2, -0.15) is 23.4 Å². The van der Waals surface area contributed by atoms with Gasteiger partial charge in [-0.05, 0) is 18.9 Å². The molecule has 2 N–H and O–H groups in total. The van der Waals surface area contributed by atoms with Crippen molar-refractivity contribution >= 4 is 11.7 Å². The molecule has 141 valence electrons. The molecule has 26 heavy (non-hydrogen) atoms. The van der Waals surface area contributed by atoms with Gasteiger partial charge in [-0.25, -0.2) is 0 Å². The molecule has 3 heterocycles. The van der Waals surface area contributed by atoms with Crippen LogP contribution in [0.1, 0.15) is 40.5 Å². The first-order valence-corrected chi connectivity index (χ1v) is 7.73. The third kappa shape index (κ3) is 3.73. The highest BCUT2D eigenvalue weighted by atomic mass is 19.4. The van der Waals surface area contributed by atoms with E-state index in [9.17, 15) is 18.0 Å². The first kappa shape index (κ1) is 18.4. The lowest BCUT2D eigenvalue weighted by Gasteiger charge is -2.15. The zero-order chi connectivity index (χ0) is 18.9. The molecule has 0 spiro atoms. The lowest BCUT2D eigenvalue weighted by atomic mass is 10.2. The number of H-pyrrole nitrogens is 1. The Bertz CT molecular complexity index is 780. The quantitative estimate of drug-likeness (QED) is 0.840. The number of carbonyl (C=O) groups excluding carboxylic acids is 1. The van der Waals surface area contributed by atoms with Crippen molar-refractivity contribution in [1.82, 2.24) is 20.0 Å². The molecule has 0 bridgehead atoms. The van der Waals surface area contributed by atoms with Crippen LogP contribution in [0.5, 0.6) is 0 Å². The predicted molar refractivity (Wildman–Crippen MR) is 83.2 cm³/mol. The maximum atomic E-state index is 12.9. The van der Waals surface area contributed by atoms with Crippen LogP contribution in [0.2, 0.25) is 0 Å². The summed E-state index contributed by atoms with van der Waals surface area (Å²) in [6.45, 7) is 0.545. The number of hydrogen-bond acceptors (Lipinski definition) is 5. The Morgan fingerprint density at radius 2 is 2.27 bits per heavy atom. The summed E-state index contributed by atoms with van der Waals surface area (Å²) in [4.78, 5) is 12.4. The molecule has 1 fully saturated rings. The molecule has 3 rings (SSSR count). The summed E-state index contributed by atoms with van der Waals surface area (Å²) in [5.41, 5.74) is 0.253. The van der Waals surface area contributed by atoms with Gasteiger partial charge in [0.15, 0.2) is 11.9 Å². The van der Waals surface area contributed by atoms with Crippen molar-refractivity contribution in [3.8, 4) is 0 Å². The van der Waals surface area contributed by atoms with Crippen molar-refractivity contribution in [2.45, 2.75) is 24.8 Å². The molecule has 1 unspecified atom stereocenters. The van der Waals surface area contributed by atoms with Crippen molar-refractivity contribution in [2.24, 2.45) is 7.05 Å². The molecule has 11 heteroatoms. The molecule has 2 aromatic rings. The van der Waals surface area contributed by atoms with Crippen LogP contribution in [0.3, 0.4) is 0 Å². The van der Waals surface area contributed by atoms with E-state index >= 15 is 0 Å². The normalized spacial score (nSPS) is 18.9. The summed E-state index contributed by atoms with van der Waals surface area (Å²) in [5.74, 6) is -0.400. The minimum Gasteiger partial charge on any atom is -0.372 e. The van der Waals surface area contributed by atoms with Crippen LogP contribution in [-0.4, -0.2) is 45.8 Å². The smallest absolute Gasteiger partial charge is 0.372 e. The van der Waals surface area contributed by atoms with Crippen molar-refractivity contribution in [3.63, 3.8) is 0 Å². The van der Waals surface area contributed by atoms with E-state index in [0.29, 0.717) is 12.3 Å². The van der Waals surface area contributed by atoms with Gasteiger partial charge in [-0.1, -0.05) is 0 Å².